The number of hydrogen-bond donors (Lipinski definition) is 0. The average Bonchev–Trinajstić information content (AvgIpc) is 2.83. The summed E-state index contributed by atoms with van der Waals surface area (Å²) in [4.78, 5) is 20.9. The lowest BCUT2D eigenvalue weighted by Gasteiger charge is -2.28. The van der Waals surface area contributed by atoms with Gasteiger partial charge in [-0.3, -0.25) is 0 Å². The maximum Gasteiger partial charge on any atom is 0.319 e. The number of rotatable bonds is 0. The molecule has 0 aliphatic carbocycles. The van der Waals surface area contributed by atoms with Crippen LogP contribution in [0.25, 0.3) is 4.96 Å². The molecule has 2 aromatic heterocycles. The maximum absolute atomic E-state index is 12.0. The molecular weight excluding hydrogens is 250 g/mol. The van der Waals surface area contributed by atoms with E-state index in [4.69, 9.17) is 0 Å². The second-order valence-corrected chi connectivity index (χ2v) is 5.83. The molecule has 6 nitrogen and oxygen atoms in total. The van der Waals surface area contributed by atoms with Crippen molar-refractivity contribution in [2.75, 3.05) is 20.6 Å². The molecule has 18 heavy (non-hydrogen) atoms. The number of nitrogens with zero attached hydrogens (tertiary/aromatic N) is 5. The zero-order valence-electron chi connectivity index (χ0n) is 10.7. The standard InChI is InChI=1S/C11H15N5OS/c1-7-13-16-9-6-15(11(17)14(2)3)5-4-8(9)12-10(16)18-7/h4-6H2,1-3H3. The number of urea groups is 1. The van der Waals surface area contributed by atoms with Crippen LogP contribution in [0.1, 0.15) is 16.4 Å². The Bertz CT molecular complexity index is 614. The van der Waals surface area contributed by atoms with Crippen molar-refractivity contribution in [1.82, 2.24) is 24.4 Å². The van der Waals surface area contributed by atoms with Crippen LogP contribution in [0.4, 0.5) is 4.79 Å². The highest BCUT2D eigenvalue weighted by Crippen LogP contribution is 2.23. The number of aromatic nitrogens is 3. The molecule has 0 unspecified atom stereocenters. The van der Waals surface area contributed by atoms with Gasteiger partial charge in [-0.05, 0) is 6.92 Å². The zero-order valence-corrected chi connectivity index (χ0v) is 11.5. The van der Waals surface area contributed by atoms with E-state index in [1.165, 1.54) is 0 Å². The normalized spacial score (nSPS) is 14.9. The summed E-state index contributed by atoms with van der Waals surface area (Å²) >= 11 is 1.59. The van der Waals surface area contributed by atoms with Gasteiger partial charge in [-0.15, -0.1) is 0 Å². The van der Waals surface area contributed by atoms with E-state index in [9.17, 15) is 4.79 Å². The highest BCUT2D eigenvalue weighted by atomic mass is 32.1. The van der Waals surface area contributed by atoms with Gasteiger partial charge in [-0.1, -0.05) is 11.3 Å². The van der Waals surface area contributed by atoms with E-state index in [0.29, 0.717) is 6.54 Å². The van der Waals surface area contributed by atoms with Crippen molar-refractivity contribution in [3.8, 4) is 0 Å². The van der Waals surface area contributed by atoms with E-state index in [1.54, 1.807) is 30.3 Å². The molecule has 1 aliphatic rings. The third kappa shape index (κ3) is 1.66. The van der Waals surface area contributed by atoms with Crippen LogP contribution < -0.4 is 0 Å². The molecule has 0 atom stereocenters. The summed E-state index contributed by atoms with van der Waals surface area (Å²) in [5, 5.41) is 5.44. The molecule has 3 heterocycles. The van der Waals surface area contributed by atoms with E-state index >= 15 is 0 Å². The summed E-state index contributed by atoms with van der Waals surface area (Å²) < 4.78 is 1.88. The smallest absolute Gasteiger partial charge is 0.319 e. The van der Waals surface area contributed by atoms with Gasteiger partial charge in [0.05, 0.1) is 17.9 Å². The molecule has 0 saturated carbocycles. The van der Waals surface area contributed by atoms with Crippen molar-refractivity contribution < 1.29 is 4.79 Å². The third-order valence-corrected chi connectivity index (χ3v) is 3.92. The summed E-state index contributed by atoms with van der Waals surface area (Å²) in [6, 6.07) is 0.0440. The fourth-order valence-electron chi connectivity index (χ4n) is 2.23. The highest BCUT2D eigenvalue weighted by molar-refractivity contribution is 7.16. The van der Waals surface area contributed by atoms with Crippen LogP contribution >= 0.6 is 11.3 Å². The van der Waals surface area contributed by atoms with Gasteiger partial charge < -0.3 is 9.80 Å². The molecular formula is C11H15N5OS. The van der Waals surface area contributed by atoms with Crippen molar-refractivity contribution in [3.05, 3.63) is 16.4 Å². The number of imidazole rings is 1. The number of carbonyl (C=O) groups is 1. The first-order valence-electron chi connectivity index (χ1n) is 5.86. The van der Waals surface area contributed by atoms with Crippen molar-refractivity contribution in [2.45, 2.75) is 19.9 Å². The Morgan fingerprint density at radius 1 is 1.44 bits per heavy atom. The van der Waals surface area contributed by atoms with Crippen molar-refractivity contribution in [2.24, 2.45) is 0 Å². The van der Waals surface area contributed by atoms with Gasteiger partial charge in [0.25, 0.3) is 0 Å². The quantitative estimate of drug-likeness (QED) is 0.717. The third-order valence-electron chi connectivity index (χ3n) is 3.09. The molecule has 1 aliphatic heterocycles. The van der Waals surface area contributed by atoms with E-state index < -0.39 is 0 Å². The molecule has 7 heteroatoms. The monoisotopic (exact) mass is 265 g/mol. The van der Waals surface area contributed by atoms with Crippen LogP contribution in [0.2, 0.25) is 0 Å². The Balaban J connectivity index is 1.97. The summed E-state index contributed by atoms with van der Waals surface area (Å²) in [7, 11) is 3.55. The number of amides is 2. The minimum Gasteiger partial charge on any atom is -0.331 e. The van der Waals surface area contributed by atoms with Gasteiger partial charge in [0.1, 0.15) is 5.01 Å². The van der Waals surface area contributed by atoms with Crippen LogP contribution in [-0.2, 0) is 13.0 Å². The molecule has 2 aromatic rings. The van der Waals surface area contributed by atoms with Crippen molar-refractivity contribution in [1.29, 1.82) is 0 Å². The lowest BCUT2D eigenvalue weighted by atomic mass is 10.1. The minimum absolute atomic E-state index is 0.0440. The SMILES string of the molecule is Cc1nn2c3c(nc2s1)CCN(C(=O)N(C)C)C3. The molecule has 0 N–H and O–H groups in total. The molecule has 3 rings (SSSR count). The Hall–Kier alpha value is -1.63. The second-order valence-electron chi connectivity index (χ2n) is 4.67. The van der Waals surface area contributed by atoms with Crippen LogP contribution in [0.15, 0.2) is 0 Å². The van der Waals surface area contributed by atoms with Crippen LogP contribution in [-0.4, -0.2) is 51.1 Å². The Morgan fingerprint density at radius 3 is 2.94 bits per heavy atom. The number of hydrogen-bond acceptors (Lipinski definition) is 4. The lowest BCUT2D eigenvalue weighted by molar-refractivity contribution is 0.164. The maximum atomic E-state index is 12.0. The Labute approximate surface area is 109 Å². The van der Waals surface area contributed by atoms with Crippen LogP contribution in [0, 0.1) is 6.92 Å². The van der Waals surface area contributed by atoms with E-state index in [0.717, 1.165) is 34.3 Å². The van der Waals surface area contributed by atoms with Gasteiger partial charge in [0.2, 0.25) is 4.96 Å². The summed E-state index contributed by atoms with van der Waals surface area (Å²) in [6.07, 6.45) is 0.810. The van der Waals surface area contributed by atoms with E-state index in [2.05, 4.69) is 10.1 Å². The van der Waals surface area contributed by atoms with Crippen LogP contribution in [0.3, 0.4) is 0 Å². The topological polar surface area (TPSA) is 53.7 Å². The predicted molar refractivity (Wildman–Crippen MR) is 68.8 cm³/mol. The summed E-state index contributed by atoms with van der Waals surface area (Å²) in [5.74, 6) is 0. The number of fused-ring (bicyclic) bond motifs is 3. The number of aryl methyl sites for hydroxylation is 1. The Kier molecular flexibility index (Phi) is 2.51. The fraction of sp³-hybridized carbons (Fsp3) is 0.545. The van der Waals surface area contributed by atoms with Gasteiger partial charge in [0, 0.05) is 27.1 Å². The molecule has 0 spiro atoms. The molecule has 0 saturated heterocycles. The predicted octanol–water partition coefficient (Wildman–Crippen LogP) is 1.14. The van der Waals surface area contributed by atoms with Crippen LogP contribution in [0.5, 0.6) is 0 Å². The van der Waals surface area contributed by atoms with Gasteiger partial charge in [0.15, 0.2) is 0 Å². The van der Waals surface area contributed by atoms with Gasteiger partial charge in [-0.2, -0.15) is 5.10 Å². The summed E-state index contributed by atoms with van der Waals surface area (Å²) in [5.41, 5.74) is 2.13. The van der Waals surface area contributed by atoms with Gasteiger partial charge in [-0.25, -0.2) is 14.3 Å². The molecule has 0 aromatic carbocycles. The van der Waals surface area contributed by atoms with E-state index in [-0.39, 0.29) is 6.03 Å². The first kappa shape index (κ1) is 11.5. The molecule has 0 bridgehead atoms. The first-order chi connectivity index (χ1) is 8.56. The Morgan fingerprint density at radius 2 is 2.22 bits per heavy atom. The average molecular weight is 265 g/mol. The highest BCUT2D eigenvalue weighted by Gasteiger charge is 2.26. The zero-order chi connectivity index (χ0) is 12.9. The molecule has 0 radical (unpaired) electrons. The fourth-order valence-corrected chi connectivity index (χ4v) is 3.01. The molecule has 0 fully saturated rings. The minimum atomic E-state index is 0.0440. The molecule has 96 valence electrons. The molecule has 2 amide bonds. The van der Waals surface area contributed by atoms with E-state index in [1.807, 2.05) is 16.3 Å². The lowest BCUT2D eigenvalue weighted by Crippen LogP contribution is -2.42. The largest absolute Gasteiger partial charge is 0.331 e. The summed E-state index contributed by atoms with van der Waals surface area (Å²) in [6.45, 7) is 3.29. The van der Waals surface area contributed by atoms with Crippen molar-refractivity contribution >= 4 is 22.3 Å². The second kappa shape index (κ2) is 3.94. The van der Waals surface area contributed by atoms with Gasteiger partial charge >= 0.3 is 6.03 Å². The number of carbonyl (C=O) groups excluding carboxylic acids is 1. The first-order valence-corrected chi connectivity index (χ1v) is 6.68. The van der Waals surface area contributed by atoms with Crippen molar-refractivity contribution in [3.63, 3.8) is 0 Å².